The molecule has 0 rings (SSSR count). The summed E-state index contributed by atoms with van der Waals surface area (Å²) >= 11 is 0. The maximum absolute atomic E-state index is 12.0. The van der Waals surface area contributed by atoms with Crippen LogP contribution in [0.5, 0.6) is 0 Å². The van der Waals surface area contributed by atoms with Gasteiger partial charge in [0.2, 0.25) is 17.0 Å². The zero-order valence-electron chi connectivity index (χ0n) is 13.4. The minimum Gasteiger partial charge on any atom is -0.467 e. The molecule has 0 aromatic rings. The lowest BCUT2D eigenvalue weighted by atomic mass is 9.88. The zero-order valence-corrected chi connectivity index (χ0v) is 13.4. The molecule has 1 amide bonds. The van der Waals surface area contributed by atoms with Crippen molar-refractivity contribution in [2.24, 2.45) is 0 Å². The predicted octanol–water partition coefficient (Wildman–Crippen LogP) is 0.433. The number of esters is 2. The minimum atomic E-state index is -2.00. The Hall–Kier alpha value is -2.19. The molecule has 0 radical (unpaired) electrons. The second-order valence-corrected chi connectivity index (χ2v) is 5.49. The zero-order chi connectivity index (χ0) is 17.6. The Morgan fingerprint density at radius 3 is 1.86 bits per heavy atom. The summed E-state index contributed by atoms with van der Waals surface area (Å²) in [4.78, 5) is 45.8. The van der Waals surface area contributed by atoms with Crippen molar-refractivity contribution in [3.05, 3.63) is 10.1 Å². The number of nitrogens with one attached hydrogen (secondary N) is 1. The number of nitrogens with zero attached hydrogens (tertiary/aromatic N) is 1. The average Bonchev–Trinajstić information content (AvgIpc) is 2.43. The van der Waals surface area contributed by atoms with Crippen molar-refractivity contribution in [1.82, 2.24) is 5.32 Å². The molecule has 0 heterocycles. The van der Waals surface area contributed by atoms with Crippen LogP contribution in [-0.4, -0.2) is 48.1 Å². The Kier molecular flexibility index (Phi) is 6.95. The predicted molar refractivity (Wildman–Crippen MR) is 75.5 cm³/mol. The fourth-order valence-electron chi connectivity index (χ4n) is 1.98. The molecule has 0 aliphatic heterocycles. The molecule has 0 bridgehead atoms. The highest BCUT2D eigenvalue weighted by Crippen LogP contribution is 2.23. The molecular formula is C13H22N2O7. The summed E-state index contributed by atoms with van der Waals surface area (Å²) in [5.74, 6) is -2.58. The van der Waals surface area contributed by atoms with E-state index in [2.05, 4.69) is 14.8 Å². The number of carbonyl (C=O) groups is 3. The SMILES string of the molecule is COC(=O)C(CCCC(C)(C)[N+](=O)[O-])(NC(C)=O)C(=O)OC. The number of hydrogen-bond donors (Lipinski definition) is 1. The molecule has 0 saturated heterocycles. The van der Waals surface area contributed by atoms with Crippen LogP contribution in [0.4, 0.5) is 0 Å². The van der Waals surface area contributed by atoms with E-state index < -0.39 is 33.8 Å². The fourth-order valence-corrected chi connectivity index (χ4v) is 1.98. The van der Waals surface area contributed by atoms with Gasteiger partial charge in [0.1, 0.15) is 0 Å². The molecule has 0 aromatic carbocycles. The van der Waals surface area contributed by atoms with Gasteiger partial charge in [-0.25, -0.2) is 9.59 Å². The van der Waals surface area contributed by atoms with Crippen LogP contribution in [0, 0.1) is 10.1 Å². The molecule has 1 N–H and O–H groups in total. The normalized spacial score (nSPS) is 11.5. The molecule has 0 spiro atoms. The van der Waals surface area contributed by atoms with Gasteiger partial charge in [0.15, 0.2) is 0 Å². The van der Waals surface area contributed by atoms with Crippen LogP contribution in [0.15, 0.2) is 0 Å². The van der Waals surface area contributed by atoms with Crippen molar-refractivity contribution < 1.29 is 28.8 Å². The third-order valence-electron chi connectivity index (χ3n) is 3.29. The minimum absolute atomic E-state index is 0.106. The largest absolute Gasteiger partial charge is 0.467 e. The molecule has 0 aliphatic carbocycles. The molecule has 126 valence electrons. The lowest BCUT2D eigenvalue weighted by molar-refractivity contribution is -0.561. The van der Waals surface area contributed by atoms with Gasteiger partial charge in [0, 0.05) is 32.1 Å². The van der Waals surface area contributed by atoms with Gasteiger partial charge >= 0.3 is 11.9 Å². The molecule has 0 atom stereocenters. The summed E-state index contributed by atoms with van der Waals surface area (Å²) in [6.07, 6.45) is 0.0803. The van der Waals surface area contributed by atoms with Gasteiger partial charge < -0.3 is 14.8 Å². The molecule has 0 saturated carbocycles. The first-order valence-corrected chi connectivity index (χ1v) is 6.63. The quantitative estimate of drug-likeness (QED) is 0.298. The van der Waals surface area contributed by atoms with Gasteiger partial charge in [-0.1, -0.05) is 0 Å². The Morgan fingerprint density at radius 2 is 1.55 bits per heavy atom. The lowest BCUT2D eigenvalue weighted by Crippen LogP contribution is -2.60. The van der Waals surface area contributed by atoms with Crippen molar-refractivity contribution >= 4 is 17.8 Å². The highest BCUT2D eigenvalue weighted by atomic mass is 16.6. The van der Waals surface area contributed by atoms with Crippen molar-refractivity contribution in [2.45, 2.75) is 51.1 Å². The van der Waals surface area contributed by atoms with E-state index in [1.165, 1.54) is 13.8 Å². The number of methoxy groups -OCH3 is 2. The van der Waals surface area contributed by atoms with Gasteiger partial charge in [0.25, 0.3) is 0 Å². The molecule has 9 nitrogen and oxygen atoms in total. The van der Waals surface area contributed by atoms with Crippen molar-refractivity contribution in [3.8, 4) is 0 Å². The van der Waals surface area contributed by atoms with Crippen molar-refractivity contribution in [2.75, 3.05) is 14.2 Å². The summed E-state index contributed by atoms with van der Waals surface area (Å²) < 4.78 is 9.16. The van der Waals surface area contributed by atoms with E-state index in [-0.39, 0.29) is 19.3 Å². The smallest absolute Gasteiger partial charge is 0.343 e. The maximum Gasteiger partial charge on any atom is 0.343 e. The van der Waals surface area contributed by atoms with Gasteiger partial charge in [-0.3, -0.25) is 14.9 Å². The molecule has 9 heteroatoms. The van der Waals surface area contributed by atoms with Gasteiger partial charge in [-0.15, -0.1) is 0 Å². The standard InChI is InChI=1S/C13H22N2O7/c1-9(16)14-13(10(17)21-4,11(18)22-5)8-6-7-12(2,3)15(19)20/h6-8H2,1-5H3,(H,14,16). The molecule has 0 fully saturated rings. The Morgan fingerprint density at radius 1 is 1.09 bits per heavy atom. The number of nitro groups is 1. The first kappa shape index (κ1) is 19.8. The summed E-state index contributed by atoms with van der Waals surface area (Å²) in [5.41, 5.74) is -3.21. The summed E-state index contributed by atoms with van der Waals surface area (Å²) in [6.45, 7) is 4.01. The lowest BCUT2D eigenvalue weighted by Gasteiger charge is -2.29. The van der Waals surface area contributed by atoms with E-state index in [9.17, 15) is 24.5 Å². The molecule has 22 heavy (non-hydrogen) atoms. The van der Waals surface area contributed by atoms with E-state index in [1.807, 2.05) is 0 Å². The molecule has 0 unspecified atom stereocenters. The third kappa shape index (κ3) is 4.68. The van der Waals surface area contributed by atoms with E-state index in [0.29, 0.717) is 0 Å². The van der Waals surface area contributed by atoms with Crippen LogP contribution in [0.25, 0.3) is 0 Å². The van der Waals surface area contributed by atoms with Crippen LogP contribution >= 0.6 is 0 Å². The van der Waals surface area contributed by atoms with Crippen LogP contribution < -0.4 is 5.32 Å². The Labute approximate surface area is 128 Å². The number of hydrogen-bond acceptors (Lipinski definition) is 7. The van der Waals surface area contributed by atoms with E-state index in [4.69, 9.17) is 0 Å². The highest BCUT2D eigenvalue weighted by molar-refractivity contribution is 6.07. The van der Waals surface area contributed by atoms with Crippen LogP contribution in [0.2, 0.25) is 0 Å². The molecule has 0 aliphatic rings. The van der Waals surface area contributed by atoms with Crippen LogP contribution in [-0.2, 0) is 23.9 Å². The third-order valence-corrected chi connectivity index (χ3v) is 3.29. The summed E-state index contributed by atoms with van der Waals surface area (Å²) in [7, 11) is 2.14. The Bertz CT molecular complexity index is 443. The second kappa shape index (κ2) is 7.71. The van der Waals surface area contributed by atoms with E-state index in [1.54, 1.807) is 0 Å². The Balaban J connectivity index is 5.31. The first-order chi connectivity index (χ1) is 10.0. The number of rotatable bonds is 8. The van der Waals surface area contributed by atoms with Crippen molar-refractivity contribution in [1.29, 1.82) is 0 Å². The van der Waals surface area contributed by atoms with Gasteiger partial charge in [-0.2, -0.15) is 0 Å². The number of amides is 1. The van der Waals surface area contributed by atoms with E-state index in [0.717, 1.165) is 21.1 Å². The van der Waals surface area contributed by atoms with Crippen LogP contribution in [0.1, 0.15) is 40.0 Å². The van der Waals surface area contributed by atoms with Gasteiger partial charge in [-0.05, 0) is 12.8 Å². The average molecular weight is 318 g/mol. The fraction of sp³-hybridized carbons (Fsp3) is 0.769. The molecular weight excluding hydrogens is 296 g/mol. The number of ether oxygens (including phenoxy) is 2. The second-order valence-electron chi connectivity index (χ2n) is 5.49. The number of carbonyl (C=O) groups excluding carboxylic acids is 3. The molecule has 0 aromatic heterocycles. The first-order valence-electron chi connectivity index (χ1n) is 6.63. The summed E-state index contributed by atoms with van der Waals surface area (Å²) in [6, 6.07) is 0. The van der Waals surface area contributed by atoms with E-state index >= 15 is 0 Å². The highest BCUT2D eigenvalue weighted by Gasteiger charge is 2.49. The summed E-state index contributed by atoms with van der Waals surface area (Å²) in [5, 5.41) is 13.1. The topological polar surface area (TPSA) is 125 Å². The maximum atomic E-state index is 12.0. The van der Waals surface area contributed by atoms with Crippen molar-refractivity contribution in [3.63, 3.8) is 0 Å². The van der Waals surface area contributed by atoms with Crippen LogP contribution in [0.3, 0.4) is 0 Å². The van der Waals surface area contributed by atoms with Gasteiger partial charge in [0.05, 0.1) is 14.2 Å². The monoisotopic (exact) mass is 318 g/mol.